The Hall–Kier alpha value is -2.41. The molecule has 1 aliphatic rings. The van der Waals surface area contributed by atoms with E-state index in [0.717, 1.165) is 22.3 Å². The minimum atomic E-state index is -3.17. The third-order valence-electron chi connectivity index (χ3n) is 5.10. The number of sulfone groups is 1. The van der Waals surface area contributed by atoms with E-state index >= 15 is 0 Å². The number of rotatable bonds is 7. The standard InChI is InChI=1S/C23H24ClNO4S/c1-2-30(28,29)19-10-7-16(8-11-19)13-23(27)25-18-9-12-21(22(24)14-18)20-6-4-3-5-17(20)15-26/h3-7,9-10,12,14,26H,2,8,11,13,15H2,1H3,(H,25,27). The number of hydrogen-bond donors (Lipinski definition) is 2. The lowest BCUT2D eigenvalue weighted by atomic mass is 9.99. The highest BCUT2D eigenvalue weighted by molar-refractivity contribution is 7.95. The molecule has 0 fully saturated rings. The van der Waals surface area contributed by atoms with Crippen LogP contribution in [0.25, 0.3) is 11.1 Å². The van der Waals surface area contributed by atoms with Gasteiger partial charge in [0.1, 0.15) is 0 Å². The fourth-order valence-electron chi connectivity index (χ4n) is 3.40. The molecule has 158 valence electrons. The third kappa shape index (κ3) is 5.19. The van der Waals surface area contributed by atoms with E-state index in [1.807, 2.05) is 30.3 Å². The highest BCUT2D eigenvalue weighted by atomic mass is 35.5. The molecule has 0 radical (unpaired) electrons. The molecule has 0 aliphatic heterocycles. The van der Waals surface area contributed by atoms with Gasteiger partial charge in [-0.25, -0.2) is 8.42 Å². The molecule has 0 bridgehead atoms. The van der Waals surface area contributed by atoms with E-state index in [0.29, 0.717) is 28.5 Å². The van der Waals surface area contributed by atoms with E-state index < -0.39 is 9.84 Å². The van der Waals surface area contributed by atoms with Crippen molar-refractivity contribution in [2.24, 2.45) is 0 Å². The molecule has 30 heavy (non-hydrogen) atoms. The molecular weight excluding hydrogens is 422 g/mol. The van der Waals surface area contributed by atoms with E-state index in [-0.39, 0.29) is 24.7 Å². The van der Waals surface area contributed by atoms with Crippen LogP contribution < -0.4 is 5.32 Å². The quantitative estimate of drug-likeness (QED) is 0.637. The van der Waals surface area contributed by atoms with Crippen LogP contribution in [0, 0.1) is 0 Å². The maximum atomic E-state index is 12.4. The summed E-state index contributed by atoms with van der Waals surface area (Å²) in [5.74, 6) is -0.0989. The largest absolute Gasteiger partial charge is 0.392 e. The molecule has 3 rings (SSSR count). The molecule has 2 aromatic carbocycles. The number of carbonyl (C=O) groups is 1. The Labute approximate surface area is 182 Å². The van der Waals surface area contributed by atoms with Gasteiger partial charge >= 0.3 is 0 Å². The Morgan fingerprint density at radius 1 is 1.10 bits per heavy atom. The lowest BCUT2D eigenvalue weighted by Crippen LogP contribution is -2.14. The van der Waals surface area contributed by atoms with Crippen molar-refractivity contribution in [3.05, 3.63) is 75.7 Å². The molecule has 1 aliphatic carbocycles. The first-order valence-corrected chi connectivity index (χ1v) is 11.8. The Kier molecular flexibility index (Phi) is 7.13. The van der Waals surface area contributed by atoms with E-state index in [1.165, 1.54) is 0 Å². The van der Waals surface area contributed by atoms with Crippen molar-refractivity contribution in [2.45, 2.75) is 32.8 Å². The molecular formula is C23H24ClNO4S. The molecule has 0 spiro atoms. The second kappa shape index (κ2) is 9.60. The molecule has 0 atom stereocenters. The Bertz CT molecular complexity index is 1120. The van der Waals surface area contributed by atoms with Gasteiger partial charge in [-0.3, -0.25) is 4.79 Å². The van der Waals surface area contributed by atoms with Crippen LogP contribution in [-0.4, -0.2) is 25.2 Å². The second-order valence-electron chi connectivity index (χ2n) is 7.10. The zero-order valence-electron chi connectivity index (χ0n) is 16.7. The van der Waals surface area contributed by atoms with Crippen LogP contribution in [0.1, 0.15) is 31.7 Å². The van der Waals surface area contributed by atoms with Crippen molar-refractivity contribution >= 4 is 33.0 Å². The van der Waals surface area contributed by atoms with Crippen molar-refractivity contribution in [1.82, 2.24) is 0 Å². The van der Waals surface area contributed by atoms with Gasteiger partial charge in [0.05, 0.1) is 17.4 Å². The van der Waals surface area contributed by atoms with Crippen LogP contribution in [0.3, 0.4) is 0 Å². The lowest BCUT2D eigenvalue weighted by molar-refractivity contribution is -0.115. The summed E-state index contributed by atoms with van der Waals surface area (Å²) in [5, 5.41) is 12.8. The van der Waals surface area contributed by atoms with Crippen LogP contribution in [0.15, 0.2) is 65.1 Å². The van der Waals surface area contributed by atoms with Crippen LogP contribution in [-0.2, 0) is 21.2 Å². The number of anilines is 1. The molecule has 0 aromatic heterocycles. The normalized spacial score (nSPS) is 14.1. The number of halogens is 1. The number of hydrogen-bond acceptors (Lipinski definition) is 4. The summed E-state index contributed by atoms with van der Waals surface area (Å²) < 4.78 is 23.8. The Morgan fingerprint density at radius 3 is 2.50 bits per heavy atom. The number of nitrogens with one attached hydrogen (secondary N) is 1. The van der Waals surface area contributed by atoms with Crippen LogP contribution in [0.4, 0.5) is 5.69 Å². The summed E-state index contributed by atoms with van der Waals surface area (Å²) in [7, 11) is -3.17. The summed E-state index contributed by atoms with van der Waals surface area (Å²) in [5.41, 5.74) is 3.88. The van der Waals surface area contributed by atoms with Crippen molar-refractivity contribution < 1.29 is 18.3 Å². The van der Waals surface area contributed by atoms with Gasteiger partial charge in [0.25, 0.3) is 0 Å². The number of aliphatic hydroxyl groups is 1. The predicted molar refractivity (Wildman–Crippen MR) is 121 cm³/mol. The van der Waals surface area contributed by atoms with E-state index in [1.54, 1.807) is 31.2 Å². The predicted octanol–water partition coefficient (Wildman–Crippen LogP) is 4.87. The molecule has 5 nitrogen and oxygen atoms in total. The monoisotopic (exact) mass is 445 g/mol. The maximum absolute atomic E-state index is 12.4. The molecule has 0 unspecified atom stereocenters. The highest BCUT2D eigenvalue weighted by Crippen LogP contribution is 2.33. The van der Waals surface area contributed by atoms with E-state index in [2.05, 4.69) is 5.32 Å². The van der Waals surface area contributed by atoms with Gasteiger partial charge in [0.15, 0.2) is 9.84 Å². The average Bonchev–Trinajstić information content (AvgIpc) is 2.74. The Balaban J connectivity index is 1.69. The first-order valence-electron chi connectivity index (χ1n) is 9.74. The molecule has 0 saturated carbocycles. The molecule has 1 amide bonds. The Morgan fingerprint density at radius 2 is 1.87 bits per heavy atom. The minimum Gasteiger partial charge on any atom is -0.392 e. The summed E-state index contributed by atoms with van der Waals surface area (Å²) >= 11 is 6.43. The van der Waals surface area contributed by atoms with Crippen LogP contribution in [0.2, 0.25) is 5.02 Å². The van der Waals surface area contributed by atoms with E-state index in [4.69, 9.17) is 11.6 Å². The van der Waals surface area contributed by atoms with Crippen LogP contribution >= 0.6 is 11.6 Å². The first kappa shape index (κ1) is 22.3. The third-order valence-corrected chi connectivity index (χ3v) is 7.31. The summed E-state index contributed by atoms with van der Waals surface area (Å²) in [4.78, 5) is 12.8. The van der Waals surface area contributed by atoms with Gasteiger partial charge in [0.2, 0.25) is 5.91 Å². The molecule has 2 aromatic rings. The van der Waals surface area contributed by atoms with Gasteiger partial charge in [-0.1, -0.05) is 60.5 Å². The minimum absolute atomic E-state index is 0.0853. The van der Waals surface area contributed by atoms with Gasteiger partial charge < -0.3 is 10.4 Å². The highest BCUT2D eigenvalue weighted by Gasteiger charge is 2.19. The zero-order chi connectivity index (χ0) is 21.7. The summed E-state index contributed by atoms with van der Waals surface area (Å²) in [6.07, 6.45) is 4.52. The number of carbonyl (C=O) groups excluding carboxylic acids is 1. The summed E-state index contributed by atoms with van der Waals surface area (Å²) in [6, 6.07) is 12.7. The number of allylic oxidation sites excluding steroid dienone is 3. The number of amides is 1. The fourth-order valence-corrected chi connectivity index (χ4v) is 4.74. The lowest BCUT2D eigenvalue weighted by Gasteiger charge is -2.15. The fraction of sp³-hybridized carbons (Fsp3) is 0.261. The van der Waals surface area contributed by atoms with Crippen molar-refractivity contribution in [1.29, 1.82) is 0 Å². The van der Waals surface area contributed by atoms with Crippen LogP contribution in [0.5, 0.6) is 0 Å². The first-order chi connectivity index (χ1) is 14.3. The van der Waals surface area contributed by atoms with Gasteiger partial charge in [-0.15, -0.1) is 0 Å². The molecule has 0 saturated heterocycles. The van der Waals surface area contributed by atoms with Gasteiger partial charge in [0, 0.05) is 22.6 Å². The van der Waals surface area contributed by atoms with Crippen molar-refractivity contribution in [3.8, 4) is 11.1 Å². The molecule has 7 heteroatoms. The smallest absolute Gasteiger partial charge is 0.228 e. The number of benzene rings is 2. The van der Waals surface area contributed by atoms with Crippen molar-refractivity contribution in [2.75, 3.05) is 11.1 Å². The SMILES string of the molecule is CCS(=O)(=O)C1=CC=C(CC(=O)Nc2ccc(-c3ccccc3CO)c(Cl)c2)CC1. The zero-order valence-corrected chi connectivity index (χ0v) is 18.3. The molecule has 0 heterocycles. The average molecular weight is 446 g/mol. The van der Waals surface area contributed by atoms with Gasteiger partial charge in [-0.05, 0) is 42.2 Å². The second-order valence-corrected chi connectivity index (χ2v) is 9.83. The van der Waals surface area contributed by atoms with Gasteiger partial charge in [-0.2, -0.15) is 0 Å². The van der Waals surface area contributed by atoms with E-state index in [9.17, 15) is 18.3 Å². The summed E-state index contributed by atoms with van der Waals surface area (Å²) in [6.45, 7) is 1.54. The topological polar surface area (TPSA) is 83.5 Å². The molecule has 2 N–H and O–H groups in total. The van der Waals surface area contributed by atoms with Crippen molar-refractivity contribution in [3.63, 3.8) is 0 Å². The maximum Gasteiger partial charge on any atom is 0.228 e. The number of aliphatic hydroxyl groups excluding tert-OH is 1.